The molecule has 2 saturated heterocycles. The van der Waals surface area contributed by atoms with Gasteiger partial charge in [-0.1, -0.05) is 20.4 Å². The average molecular weight is 376 g/mol. The summed E-state index contributed by atoms with van der Waals surface area (Å²) in [7, 11) is 1.63. The third-order valence-corrected chi connectivity index (χ3v) is 8.47. The highest BCUT2D eigenvalue weighted by atomic mass is 16.7. The molecular formula is C21H28O6. The summed E-state index contributed by atoms with van der Waals surface area (Å²) in [5.74, 6) is -1.40. The Bertz CT molecular complexity index is 743. The molecule has 148 valence electrons. The van der Waals surface area contributed by atoms with Gasteiger partial charge >= 0.3 is 5.97 Å². The van der Waals surface area contributed by atoms with Gasteiger partial charge < -0.3 is 19.3 Å². The van der Waals surface area contributed by atoms with Crippen LogP contribution in [0.15, 0.2) is 12.2 Å². The van der Waals surface area contributed by atoms with Crippen LogP contribution in [0.2, 0.25) is 0 Å². The molecule has 0 aromatic rings. The van der Waals surface area contributed by atoms with Gasteiger partial charge in [0.05, 0.1) is 12.7 Å². The van der Waals surface area contributed by atoms with Crippen molar-refractivity contribution in [1.29, 1.82) is 0 Å². The number of ether oxygens (including phenoxy) is 3. The van der Waals surface area contributed by atoms with Crippen LogP contribution in [0.1, 0.15) is 39.5 Å². The quantitative estimate of drug-likeness (QED) is 0.427. The SMILES string of the molecule is C=C1C(=O)[C@]23C[C@H]1C[C@H](O)[C@H]2[C@@]12CO[C@@H](OC)[C@@H]1C(C)(C)CC[C@@H]2OC3=O. The summed E-state index contributed by atoms with van der Waals surface area (Å²) in [5, 5.41) is 11.2. The monoisotopic (exact) mass is 376 g/mol. The van der Waals surface area contributed by atoms with Crippen LogP contribution in [0.3, 0.4) is 0 Å². The van der Waals surface area contributed by atoms with Crippen molar-refractivity contribution in [2.75, 3.05) is 13.7 Å². The molecule has 27 heavy (non-hydrogen) atoms. The Balaban J connectivity index is 1.74. The zero-order valence-electron chi connectivity index (χ0n) is 16.2. The van der Waals surface area contributed by atoms with Crippen LogP contribution in [0.25, 0.3) is 0 Å². The predicted molar refractivity (Wildman–Crippen MR) is 94.4 cm³/mol. The molecule has 5 rings (SSSR count). The predicted octanol–water partition coefficient (Wildman–Crippen LogP) is 1.85. The number of aliphatic hydroxyl groups excluding tert-OH is 1. The minimum atomic E-state index is -1.31. The summed E-state index contributed by atoms with van der Waals surface area (Å²) in [6.07, 6.45) is 0.937. The number of allylic oxidation sites excluding steroid dienone is 1. The molecule has 6 heteroatoms. The van der Waals surface area contributed by atoms with Gasteiger partial charge in [0, 0.05) is 24.4 Å². The molecule has 0 unspecified atom stereocenters. The molecule has 0 aromatic carbocycles. The Morgan fingerprint density at radius 3 is 2.70 bits per heavy atom. The van der Waals surface area contributed by atoms with Crippen molar-refractivity contribution >= 4 is 11.8 Å². The molecule has 2 bridgehead atoms. The first-order valence-electron chi connectivity index (χ1n) is 9.97. The number of methoxy groups -OCH3 is 1. The summed E-state index contributed by atoms with van der Waals surface area (Å²) in [5.41, 5.74) is -1.57. The average Bonchev–Trinajstić information content (AvgIpc) is 3.10. The van der Waals surface area contributed by atoms with Gasteiger partial charge in [-0.3, -0.25) is 9.59 Å². The van der Waals surface area contributed by atoms with E-state index in [9.17, 15) is 14.7 Å². The number of hydrogen-bond donors (Lipinski definition) is 1. The minimum Gasteiger partial charge on any atom is -0.461 e. The van der Waals surface area contributed by atoms with E-state index in [0.29, 0.717) is 31.4 Å². The van der Waals surface area contributed by atoms with Gasteiger partial charge in [0.1, 0.15) is 11.5 Å². The molecule has 0 amide bonds. The molecule has 0 radical (unpaired) electrons. The van der Waals surface area contributed by atoms with E-state index < -0.39 is 35.1 Å². The molecule has 6 nitrogen and oxygen atoms in total. The maximum absolute atomic E-state index is 13.3. The van der Waals surface area contributed by atoms with Crippen molar-refractivity contribution in [3.8, 4) is 0 Å². The number of carbonyl (C=O) groups excluding carboxylic acids is 2. The van der Waals surface area contributed by atoms with Crippen molar-refractivity contribution in [2.45, 2.75) is 58.0 Å². The fourth-order valence-corrected chi connectivity index (χ4v) is 7.52. The fourth-order valence-electron chi connectivity index (χ4n) is 7.52. The van der Waals surface area contributed by atoms with Crippen molar-refractivity contribution in [1.82, 2.24) is 0 Å². The summed E-state index contributed by atoms with van der Waals surface area (Å²) < 4.78 is 17.8. The molecule has 8 atom stereocenters. The second kappa shape index (κ2) is 5.22. The topological polar surface area (TPSA) is 82.1 Å². The Morgan fingerprint density at radius 1 is 1.26 bits per heavy atom. The van der Waals surface area contributed by atoms with Crippen molar-refractivity contribution in [3.05, 3.63) is 12.2 Å². The number of carbonyl (C=O) groups is 2. The number of aliphatic hydroxyl groups is 1. The standard InChI is InChI=1S/C21H28O6/c1-10-11-7-12(22)14-20(8-11,16(10)23)18(24)27-13-5-6-19(2,3)15-17(25-4)26-9-21(13,14)15/h11-15,17,22H,1,5-9H2,2-4H3/t11-,12+,13+,14-,15-,17-,20+,21+/m1/s1. The molecular weight excluding hydrogens is 348 g/mol. The highest BCUT2D eigenvalue weighted by Crippen LogP contribution is 2.71. The second-order valence-electron chi connectivity index (χ2n) is 9.93. The van der Waals surface area contributed by atoms with E-state index in [4.69, 9.17) is 14.2 Å². The van der Waals surface area contributed by atoms with E-state index in [0.717, 1.165) is 6.42 Å². The molecule has 3 aliphatic carbocycles. The lowest BCUT2D eigenvalue weighted by molar-refractivity contribution is -0.252. The number of ketones is 1. The summed E-state index contributed by atoms with van der Waals surface area (Å²) in [6.45, 7) is 8.67. The Labute approximate surface area is 159 Å². The summed E-state index contributed by atoms with van der Waals surface area (Å²) in [4.78, 5) is 26.5. The van der Waals surface area contributed by atoms with Gasteiger partial charge in [-0.2, -0.15) is 0 Å². The third kappa shape index (κ3) is 1.83. The molecule has 0 aromatic heterocycles. The lowest BCUT2D eigenvalue weighted by Crippen LogP contribution is -2.70. The Kier molecular flexibility index (Phi) is 3.45. The Hall–Kier alpha value is -1.24. The molecule has 3 saturated carbocycles. The van der Waals surface area contributed by atoms with E-state index in [-0.39, 0.29) is 29.1 Å². The smallest absolute Gasteiger partial charge is 0.320 e. The summed E-state index contributed by atoms with van der Waals surface area (Å²) in [6, 6.07) is 0. The zero-order valence-corrected chi connectivity index (χ0v) is 16.2. The molecule has 2 aliphatic heterocycles. The number of esters is 1. The highest BCUT2D eigenvalue weighted by Gasteiger charge is 2.79. The first kappa shape index (κ1) is 17.8. The number of fused-ring (bicyclic) bond motifs is 1. The van der Waals surface area contributed by atoms with E-state index in [2.05, 4.69) is 20.4 Å². The van der Waals surface area contributed by atoms with Gasteiger partial charge in [0.25, 0.3) is 0 Å². The van der Waals surface area contributed by atoms with Gasteiger partial charge in [-0.25, -0.2) is 0 Å². The normalized spacial score (nSPS) is 52.8. The number of Topliss-reactive ketones (excluding diaryl/α,β-unsaturated/α-hetero) is 1. The largest absolute Gasteiger partial charge is 0.461 e. The maximum atomic E-state index is 13.3. The van der Waals surface area contributed by atoms with Gasteiger partial charge in [0.2, 0.25) is 0 Å². The fraction of sp³-hybridized carbons (Fsp3) is 0.810. The molecule has 5 fully saturated rings. The molecule has 2 heterocycles. The van der Waals surface area contributed by atoms with Crippen LogP contribution >= 0.6 is 0 Å². The number of rotatable bonds is 1. The number of hydrogen-bond acceptors (Lipinski definition) is 6. The van der Waals surface area contributed by atoms with E-state index in [1.807, 2.05) is 0 Å². The van der Waals surface area contributed by atoms with Crippen LogP contribution in [0.5, 0.6) is 0 Å². The first-order chi connectivity index (χ1) is 12.7. The second-order valence-corrected chi connectivity index (χ2v) is 9.93. The van der Waals surface area contributed by atoms with E-state index in [1.54, 1.807) is 7.11 Å². The van der Waals surface area contributed by atoms with E-state index >= 15 is 0 Å². The first-order valence-corrected chi connectivity index (χ1v) is 9.97. The van der Waals surface area contributed by atoms with Crippen LogP contribution in [0, 0.1) is 34.0 Å². The lowest BCUT2D eigenvalue weighted by atomic mass is 9.43. The van der Waals surface area contributed by atoms with Crippen LogP contribution < -0.4 is 0 Å². The van der Waals surface area contributed by atoms with Crippen LogP contribution in [0.4, 0.5) is 0 Å². The highest BCUT2D eigenvalue weighted by molar-refractivity contribution is 6.15. The minimum absolute atomic E-state index is 0.0587. The van der Waals surface area contributed by atoms with Crippen LogP contribution in [-0.4, -0.2) is 49.1 Å². The van der Waals surface area contributed by atoms with Crippen molar-refractivity contribution in [2.24, 2.45) is 34.0 Å². The maximum Gasteiger partial charge on any atom is 0.320 e. The van der Waals surface area contributed by atoms with Gasteiger partial charge in [-0.05, 0) is 42.6 Å². The molecule has 1 N–H and O–H groups in total. The van der Waals surface area contributed by atoms with Crippen molar-refractivity contribution < 1.29 is 28.9 Å². The van der Waals surface area contributed by atoms with E-state index in [1.165, 1.54) is 0 Å². The van der Waals surface area contributed by atoms with Gasteiger partial charge in [0.15, 0.2) is 12.1 Å². The third-order valence-electron chi connectivity index (χ3n) is 8.47. The van der Waals surface area contributed by atoms with Gasteiger partial charge in [-0.15, -0.1) is 0 Å². The zero-order chi connectivity index (χ0) is 19.4. The lowest BCUT2D eigenvalue weighted by Gasteiger charge is -2.62. The molecule has 2 spiro atoms. The molecule has 5 aliphatic rings. The Morgan fingerprint density at radius 2 is 2.00 bits per heavy atom. The summed E-state index contributed by atoms with van der Waals surface area (Å²) >= 11 is 0. The van der Waals surface area contributed by atoms with Crippen molar-refractivity contribution in [3.63, 3.8) is 0 Å². The van der Waals surface area contributed by atoms with Crippen LogP contribution in [-0.2, 0) is 23.8 Å².